The molecule has 1 aromatic heterocycles. The molecule has 0 radical (unpaired) electrons. The number of nitrogens with one attached hydrogen (secondary N) is 1. The number of nitrogens with zero attached hydrogens (tertiary/aromatic N) is 5. The van der Waals surface area contributed by atoms with Crippen molar-refractivity contribution in [1.82, 2.24) is 24.9 Å². The number of para-hydroxylation sites is 1. The van der Waals surface area contributed by atoms with Crippen molar-refractivity contribution in [3.8, 4) is 11.5 Å². The first kappa shape index (κ1) is 29.3. The van der Waals surface area contributed by atoms with Crippen molar-refractivity contribution in [3.63, 3.8) is 0 Å². The summed E-state index contributed by atoms with van der Waals surface area (Å²) in [7, 11) is 0. The molecule has 0 unspecified atom stereocenters. The molecule has 3 aromatic rings. The van der Waals surface area contributed by atoms with Gasteiger partial charge in [-0.3, -0.25) is 9.69 Å². The van der Waals surface area contributed by atoms with Gasteiger partial charge in [-0.2, -0.15) is 0 Å². The SMILES string of the molecule is O=C(Cc1nnc(-c2cc(Cl)cc(C3=CCN(CC(F)F)CC3)c2)o1)N1CCC(N2CCc3ccccc3NC2=O)CC1. The number of halogens is 3. The molecule has 0 saturated carbocycles. The zero-order chi connectivity index (χ0) is 29.9. The summed E-state index contributed by atoms with van der Waals surface area (Å²) in [6.45, 7) is 2.49. The molecule has 1 saturated heterocycles. The third-order valence-electron chi connectivity index (χ3n) is 8.37. The van der Waals surface area contributed by atoms with Gasteiger partial charge in [-0.25, -0.2) is 13.6 Å². The fourth-order valence-electron chi connectivity index (χ4n) is 6.08. The standard InChI is InChI=1S/C31H33ClF2N6O3/c32-24-16-22(20-5-10-38(11-6-20)19-27(33)34)15-23(17-24)30-37-36-28(43-30)18-29(41)39-12-8-25(9-13-39)40-14-7-21-3-1-2-4-26(21)35-31(40)42/h1-5,15-17,25,27H,6-14,18-19H2,(H,35,42). The monoisotopic (exact) mass is 610 g/mol. The van der Waals surface area contributed by atoms with Crippen LogP contribution in [-0.2, 0) is 17.6 Å². The zero-order valence-electron chi connectivity index (χ0n) is 23.6. The molecular formula is C31H33ClF2N6O3. The summed E-state index contributed by atoms with van der Waals surface area (Å²) in [6, 6.07) is 13.3. The number of anilines is 1. The number of benzene rings is 2. The molecule has 0 aliphatic carbocycles. The fourth-order valence-corrected chi connectivity index (χ4v) is 6.32. The van der Waals surface area contributed by atoms with Crippen LogP contribution >= 0.6 is 11.6 Å². The Morgan fingerprint density at radius 1 is 1.05 bits per heavy atom. The molecule has 1 N–H and O–H groups in total. The number of hydrogen-bond donors (Lipinski definition) is 1. The predicted octanol–water partition coefficient (Wildman–Crippen LogP) is 5.37. The maximum Gasteiger partial charge on any atom is 0.322 e. The van der Waals surface area contributed by atoms with Crippen molar-refractivity contribution in [3.05, 3.63) is 70.6 Å². The van der Waals surface area contributed by atoms with E-state index in [4.69, 9.17) is 16.0 Å². The summed E-state index contributed by atoms with van der Waals surface area (Å²) in [5.74, 6) is 0.371. The number of piperidine rings is 1. The number of fused-ring (bicyclic) bond motifs is 1. The molecule has 1 fully saturated rings. The van der Waals surface area contributed by atoms with E-state index in [0.717, 1.165) is 28.8 Å². The minimum Gasteiger partial charge on any atom is -0.420 e. The molecule has 3 aliphatic heterocycles. The minimum absolute atomic E-state index is 0.0181. The molecule has 3 aliphatic rings. The number of carbonyl (C=O) groups excluding carboxylic acids is 2. The Balaban J connectivity index is 1.04. The van der Waals surface area contributed by atoms with Gasteiger partial charge < -0.3 is 19.5 Å². The number of carbonyl (C=O) groups is 2. The molecule has 226 valence electrons. The van der Waals surface area contributed by atoms with Gasteiger partial charge in [-0.1, -0.05) is 35.9 Å². The molecule has 6 rings (SSSR count). The zero-order valence-corrected chi connectivity index (χ0v) is 24.4. The van der Waals surface area contributed by atoms with E-state index in [-0.39, 0.29) is 42.7 Å². The molecule has 4 heterocycles. The molecule has 12 heteroatoms. The first-order chi connectivity index (χ1) is 20.8. The Bertz CT molecular complexity index is 1520. The average molecular weight is 611 g/mol. The second-order valence-corrected chi connectivity index (χ2v) is 11.6. The van der Waals surface area contributed by atoms with E-state index >= 15 is 0 Å². The lowest BCUT2D eigenvalue weighted by atomic mass is 9.97. The predicted molar refractivity (Wildman–Crippen MR) is 159 cm³/mol. The van der Waals surface area contributed by atoms with E-state index in [2.05, 4.69) is 15.5 Å². The van der Waals surface area contributed by atoms with E-state index in [9.17, 15) is 18.4 Å². The number of aromatic nitrogens is 2. The third kappa shape index (κ3) is 6.88. The maximum atomic E-state index is 13.1. The van der Waals surface area contributed by atoms with Crippen molar-refractivity contribution in [2.45, 2.75) is 44.6 Å². The van der Waals surface area contributed by atoms with Crippen molar-refractivity contribution in [2.75, 3.05) is 44.6 Å². The van der Waals surface area contributed by atoms with Crippen LogP contribution in [0.5, 0.6) is 0 Å². The van der Waals surface area contributed by atoms with E-state index in [1.165, 1.54) is 0 Å². The number of hydrogen-bond acceptors (Lipinski definition) is 6. The molecule has 43 heavy (non-hydrogen) atoms. The Morgan fingerprint density at radius 3 is 2.60 bits per heavy atom. The number of alkyl halides is 2. The third-order valence-corrected chi connectivity index (χ3v) is 8.59. The maximum absolute atomic E-state index is 13.1. The highest BCUT2D eigenvalue weighted by Gasteiger charge is 2.31. The highest BCUT2D eigenvalue weighted by molar-refractivity contribution is 6.31. The normalized spacial score (nSPS) is 18.3. The van der Waals surface area contributed by atoms with Crippen molar-refractivity contribution in [2.24, 2.45) is 0 Å². The molecule has 9 nitrogen and oxygen atoms in total. The van der Waals surface area contributed by atoms with Gasteiger partial charge in [0.2, 0.25) is 17.7 Å². The van der Waals surface area contributed by atoms with Gasteiger partial charge in [-0.15, -0.1) is 10.2 Å². The smallest absolute Gasteiger partial charge is 0.322 e. The van der Waals surface area contributed by atoms with Gasteiger partial charge in [0.1, 0.15) is 6.42 Å². The van der Waals surface area contributed by atoms with Crippen LogP contribution in [0.2, 0.25) is 5.02 Å². The Hall–Kier alpha value is -3.83. The van der Waals surface area contributed by atoms with Crippen molar-refractivity contribution >= 4 is 34.8 Å². The van der Waals surface area contributed by atoms with Crippen LogP contribution < -0.4 is 5.32 Å². The van der Waals surface area contributed by atoms with Crippen LogP contribution in [0.4, 0.5) is 19.3 Å². The van der Waals surface area contributed by atoms with E-state index in [1.807, 2.05) is 47.4 Å². The van der Waals surface area contributed by atoms with Gasteiger partial charge in [-0.05, 0) is 66.6 Å². The first-order valence-electron chi connectivity index (χ1n) is 14.6. The molecule has 0 bridgehead atoms. The summed E-state index contributed by atoms with van der Waals surface area (Å²) in [5, 5.41) is 11.8. The van der Waals surface area contributed by atoms with Crippen LogP contribution in [0, 0.1) is 0 Å². The second-order valence-electron chi connectivity index (χ2n) is 11.2. The van der Waals surface area contributed by atoms with Gasteiger partial charge >= 0.3 is 6.03 Å². The summed E-state index contributed by atoms with van der Waals surface area (Å²) in [6.07, 6.45) is 2.39. The Labute approximate surface area is 253 Å². The second kappa shape index (κ2) is 12.8. The largest absolute Gasteiger partial charge is 0.420 e. The van der Waals surface area contributed by atoms with Gasteiger partial charge in [0.25, 0.3) is 6.43 Å². The average Bonchev–Trinajstić information content (AvgIpc) is 3.39. The number of likely N-dealkylation sites (tertiary alicyclic amines) is 1. The number of rotatable bonds is 7. The molecule has 3 amide bonds. The van der Waals surface area contributed by atoms with Gasteiger partial charge in [0.15, 0.2) is 0 Å². The van der Waals surface area contributed by atoms with E-state index < -0.39 is 6.43 Å². The number of amides is 3. The lowest BCUT2D eigenvalue weighted by Gasteiger charge is -2.37. The summed E-state index contributed by atoms with van der Waals surface area (Å²) in [4.78, 5) is 31.4. The van der Waals surface area contributed by atoms with Crippen molar-refractivity contribution in [1.29, 1.82) is 0 Å². The molecule has 0 spiro atoms. The van der Waals surface area contributed by atoms with Gasteiger partial charge in [0, 0.05) is 55.0 Å². The Morgan fingerprint density at radius 2 is 1.84 bits per heavy atom. The summed E-state index contributed by atoms with van der Waals surface area (Å²) in [5.41, 5.74) is 4.52. The van der Waals surface area contributed by atoms with Crippen LogP contribution in [0.25, 0.3) is 17.0 Å². The highest BCUT2D eigenvalue weighted by atomic mass is 35.5. The summed E-state index contributed by atoms with van der Waals surface area (Å²) >= 11 is 6.40. The Kier molecular flexibility index (Phi) is 8.71. The van der Waals surface area contributed by atoms with Crippen LogP contribution in [0.15, 0.2) is 53.0 Å². The topological polar surface area (TPSA) is 94.8 Å². The minimum atomic E-state index is -2.36. The first-order valence-corrected chi connectivity index (χ1v) is 15.0. The molecular weight excluding hydrogens is 578 g/mol. The van der Waals surface area contributed by atoms with E-state index in [0.29, 0.717) is 62.6 Å². The van der Waals surface area contributed by atoms with Crippen molar-refractivity contribution < 1.29 is 22.8 Å². The molecule has 0 atom stereocenters. The summed E-state index contributed by atoms with van der Waals surface area (Å²) < 4.78 is 31.3. The lowest BCUT2D eigenvalue weighted by Crippen LogP contribution is -2.50. The molecule has 2 aromatic carbocycles. The van der Waals surface area contributed by atoms with Crippen LogP contribution in [-0.4, -0.2) is 88.6 Å². The highest BCUT2D eigenvalue weighted by Crippen LogP contribution is 2.31. The lowest BCUT2D eigenvalue weighted by molar-refractivity contribution is -0.132. The number of urea groups is 1. The van der Waals surface area contributed by atoms with Crippen LogP contribution in [0.3, 0.4) is 0 Å². The van der Waals surface area contributed by atoms with E-state index in [1.54, 1.807) is 15.9 Å². The quantitative estimate of drug-likeness (QED) is 0.387. The van der Waals surface area contributed by atoms with Crippen LogP contribution in [0.1, 0.15) is 36.3 Å². The van der Waals surface area contributed by atoms with Gasteiger partial charge in [0.05, 0.1) is 6.54 Å². The fraction of sp³-hybridized carbons (Fsp3) is 0.419.